The second kappa shape index (κ2) is 15.7. The highest BCUT2D eigenvalue weighted by molar-refractivity contribution is 6.55. The lowest BCUT2D eigenvalue weighted by Crippen LogP contribution is -2.18. The average molecular weight is 187 g/mol. The van der Waals surface area contributed by atoms with Gasteiger partial charge in [0.2, 0.25) is 0 Å². The normalized spacial score (nSPS) is 5.40. The van der Waals surface area contributed by atoms with Crippen LogP contribution in [0.4, 0.5) is 4.79 Å². The van der Waals surface area contributed by atoms with Gasteiger partial charge in [0.05, 0.1) is 4.49 Å². The smallest absolute Gasteiger partial charge is 0.309 e. The number of primary amides is 2. The number of rotatable bonds is 0. The Balaban J connectivity index is -0.0000000787. The van der Waals surface area contributed by atoms with E-state index in [4.69, 9.17) is 32.8 Å². The molecule has 60 valence electrons. The van der Waals surface area contributed by atoms with Gasteiger partial charge in [0.15, 0.2) is 0 Å². The summed E-state index contributed by atoms with van der Waals surface area (Å²) in [7, 11) is 0. The Morgan fingerprint density at radius 1 is 1.20 bits per heavy atom. The van der Waals surface area contributed by atoms with Gasteiger partial charge in [-0.2, -0.15) is 0 Å². The van der Waals surface area contributed by atoms with Crippen molar-refractivity contribution in [1.29, 1.82) is 0 Å². The summed E-state index contributed by atoms with van der Waals surface area (Å²) in [5.41, 5.74) is 8.50. The van der Waals surface area contributed by atoms with E-state index in [1.54, 1.807) is 0 Å². The zero-order chi connectivity index (χ0) is 9.15. The lowest BCUT2D eigenvalue weighted by Gasteiger charge is -1.62. The van der Waals surface area contributed by atoms with Crippen LogP contribution in [0.2, 0.25) is 0 Å². The number of hydrogen-bond acceptors (Lipinski definition) is 2. The molecule has 2 amide bonds. The molecular weight excluding hydrogens is 179 g/mol. The van der Waals surface area contributed by atoms with Gasteiger partial charge in [0.25, 0.3) is 0 Å². The number of nitrogens with two attached hydrogens (primary N) is 2. The first kappa shape index (κ1) is 16.1. The van der Waals surface area contributed by atoms with Crippen LogP contribution in [-0.2, 0) is 4.79 Å². The summed E-state index contributed by atoms with van der Waals surface area (Å²) in [6.45, 7) is 5.09. The van der Waals surface area contributed by atoms with E-state index in [0.29, 0.717) is 0 Å². The average Bonchev–Trinajstić information content (AvgIpc) is 1.66. The first-order valence-corrected chi connectivity index (χ1v) is 2.56. The van der Waals surface area contributed by atoms with E-state index in [2.05, 4.69) is 18.0 Å². The predicted molar refractivity (Wildman–Crippen MR) is 41.7 cm³/mol. The molecule has 0 heterocycles. The standard InChI is InChI=1S/C2H2Cl2.CH4N2O.CH2O/c1-2(3)4;2-1(3)4;1-2/h1H2;(H4,2,3,4);1H2. The minimum Gasteiger partial charge on any atom is -0.352 e. The molecule has 4 N–H and O–H groups in total. The molecule has 0 spiro atoms. The van der Waals surface area contributed by atoms with Crippen molar-refractivity contribution in [1.82, 2.24) is 0 Å². The molecule has 0 radical (unpaired) electrons. The zero-order valence-corrected chi connectivity index (χ0v) is 6.65. The van der Waals surface area contributed by atoms with Gasteiger partial charge in [-0.3, -0.25) is 0 Å². The molecule has 0 aromatic carbocycles. The maximum absolute atomic E-state index is 9.00. The monoisotopic (exact) mass is 186 g/mol. The van der Waals surface area contributed by atoms with Gasteiger partial charge >= 0.3 is 6.03 Å². The van der Waals surface area contributed by atoms with Crippen molar-refractivity contribution < 1.29 is 9.59 Å². The van der Waals surface area contributed by atoms with E-state index in [9.17, 15) is 0 Å². The third-order valence-electron chi connectivity index (χ3n) is 0. The molecular formula is C4H8Cl2N2O2. The molecule has 0 aromatic rings. The molecule has 0 saturated heterocycles. The molecule has 10 heavy (non-hydrogen) atoms. The number of carbonyl (C=O) groups is 2. The summed E-state index contributed by atoms with van der Waals surface area (Å²) in [6, 6.07) is -0.833. The Morgan fingerprint density at radius 2 is 1.20 bits per heavy atom. The number of hydrogen-bond donors (Lipinski definition) is 2. The molecule has 0 aliphatic carbocycles. The minimum atomic E-state index is -0.833. The molecule has 0 atom stereocenters. The topological polar surface area (TPSA) is 86.2 Å². The fourth-order valence-corrected chi connectivity index (χ4v) is 0. The molecule has 0 fully saturated rings. The quantitative estimate of drug-likeness (QED) is 0.586. The van der Waals surface area contributed by atoms with Crippen molar-refractivity contribution in [3.05, 3.63) is 11.1 Å². The number of amides is 2. The van der Waals surface area contributed by atoms with Gasteiger partial charge in [-0.15, -0.1) is 0 Å². The molecule has 0 saturated carbocycles. The Hall–Kier alpha value is -0.740. The Kier molecular flexibility index (Phi) is 25.4. The largest absolute Gasteiger partial charge is 0.352 e. The van der Waals surface area contributed by atoms with Gasteiger partial charge in [-0.1, -0.05) is 29.8 Å². The second-order valence-electron chi connectivity index (χ2n) is 0.741. The molecule has 0 rings (SSSR count). The van der Waals surface area contributed by atoms with E-state index >= 15 is 0 Å². The Morgan fingerprint density at radius 3 is 1.20 bits per heavy atom. The highest BCUT2D eigenvalue weighted by Crippen LogP contribution is 1.98. The Labute approximate surface area is 68.8 Å². The van der Waals surface area contributed by atoms with Gasteiger partial charge in [0.1, 0.15) is 6.79 Å². The first-order chi connectivity index (χ1) is 4.46. The lowest BCUT2D eigenvalue weighted by atomic mass is 11.2. The second-order valence-corrected chi connectivity index (χ2v) is 1.85. The van der Waals surface area contributed by atoms with Crippen molar-refractivity contribution in [2.75, 3.05) is 0 Å². The number of carbonyl (C=O) groups excluding carboxylic acids is 2. The van der Waals surface area contributed by atoms with E-state index in [0.717, 1.165) is 0 Å². The van der Waals surface area contributed by atoms with Crippen LogP contribution in [0.5, 0.6) is 0 Å². The van der Waals surface area contributed by atoms with Crippen molar-refractivity contribution in [3.8, 4) is 0 Å². The highest BCUT2D eigenvalue weighted by Gasteiger charge is 1.61. The summed E-state index contributed by atoms with van der Waals surface area (Å²) < 4.78 is 0.111. The summed E-state index contributed by atoms with van der Waals surface area (Å²) in [6.07, 6.45) is 0. The fourth-order valence-electron chi connectivity index (χ4n) is 0. The van der Waals surface area contributed by atoms with Crippen molar-refractivity contribution >= 4 is 36.0 Å². The lowest BCUT2D eigenvalue weighted by molar-refractivity contribution is -0.0979. The van der Waals surface area contributed by atoms with E-state index in [1.807, 2.05) is 6.79 Å². The van der Waals surface area contributed by atoms with E-state index < -0.39 is 6.03 Å². The van der Waals surface area contributed by atoms with Gasteiger partial charge < -0.3 is 16.3 Å². The molecule has 0 unspecified atom stereocenters. The molecule has 4 nitrogen and oxygen atoms in total. The summed E-state index contributed by atoms with van der Waals surface area (Å²) in [5.74, 6) is 0. The van der Waals surface area contributed by atoms with Crippen LogP contribution in [0.25, 0.3) is 0 Å². The zero-order valence-electron chi connectivity index (χ0n) is 5.14. The van der Waals surface area contributed by atoms with Crippen LogP contribution in [-0.4, -0.2) is 12.8 Å². The third-order valence-corrected chi connectivity index (χ3v) is 0. The van der Waals surface area contributed by atoms with Crippen LogP contribution < -0.4 is 11.5 Å². The molecule has 6 heteroatoms. The van der Waals surface area contributed by atoms with Crippen molar-refractivity contribution in [2.45, 2.75) is 0 Å². The van der Waals surface area contributed by atoms with Crippen LogP contribution in [0, 0.1) is 0 Å². The number of halogens is 2. The van der Waals surface area contributed by atoms with Crippen LogP contribution in [0.3, 0.4) is 0 Å². The Bertz CT molecular complexity index is 87.4. The van der Waals surface area contributed by atoms with Gasteiger partial charge in [0, 0.05) is 0 Å². The van der Waals surface area contributed by atoms with Gasteiger partial charge in [-0.05, 0) is 0 Å². The summed E-state index contributed by atoms with van der Waals surface area (Å²) in [4.78, 5) is 17.0. The fraction of sp³-hybridized carbons (Fsp3) is 0. The molecule has 0 aliphatic heterocycles. The number of urea groups is 1. The van der Waals surface area contributed by atoms with Crippen LogP contribution >= 0.6 is 23.2 Å². The maximum Gasteiger partial charge on any atom is 0.309 e. The van der Waals surface area contributed by atoms with Crippen LogP contribution in [0.1, 0.15) is 0 Å². The van der Waals surface area contributed by atoms with Crippen molar-refractivity contribution in [3.63, 3.8) is 0 Å². The predicted octanol–water partition coefficient (Wildman–Crippen LogP) is 0.774. The van der Waals surface area contributed by atoms with E-state index in [1.165, 1.54) is 0 Å². The van der Waals surface area contributed by atoms with Gasteiger partial charge in [-0.25, -0.2) is 4.79 Å². The molecule has 0 aliphatic rings. The highest BCUT2D eigenvalue weighted by atomic mass is 35.5. The SMILES string of the molecule is C=C(Cl)Cl.C=O.NC(N)=O. The van der Waals surface area contributed by atoms with Crippen LogP contribution in [0.15, 0.2) is 11.1 Å². The first-order valence-electron chi connectivity index (χ1n) is 1.80. The summed E-state index contributed by atoms with van der Waals surface area (Å²) >= 11 is 9.69. The molecule has 0 bridgehead atoms. The summed E-state index contributed by atoms with van der Waals surface area (Å²) in [5, 5.41) is 0. The van der Waals surface area contributed by atoms with E-state index in [-0.39, 0.29) is 4.49 Å². The minimum absolute atomic E-state index is 0.111. The third kappa shape index (κ3) is 520. The molecule has 0 aromatic heterocycles. The van der Waals surface area contributed by atoms with Crippen molar-refractivity contribution in [2.24, 2.45) is 11.5 Å². The maximum atomic E-state index is 9.00.